The molecular weight excluding hydrogens is 324 g/mol. The van der Waals surface area contributed by atoms with Crippen LogP contribution in [0.1, 0.15) is 63.6 Å². The molecule has 1 aromatic heterocycles. The first kappa shape index (κ1) is 19.4. The van der Waals surface area contributed by atoms with Crippen molar-refractivity contribution < 1.29 is 9.84 Å². The van der Waals surface area contributed by atoms with Gasteiger partial charge in [0, 0.05) is 37.1 Å². The number of aliphatic hydroxyl groups excluding tert-OH is 1. The second-order valence-electron chi connectivity index (χ2n) is 8.12. The van der Waals surface area contributed by atoms with Crippen LogP contribution in [0.2, 0.25) is 0 Å². The quantitative estimate of drug-likeness (QED) is 0.624. The van der Waals surface area contributed by atoms with Crippen LogP contribution in [-0.4, -0.2) is 28.6 Å². The van der Waals surface area contributed by atoms with Gasteiger partial charge in [0.05, 0.1) is 17.8 Å². The van der Waals surface area contributed by atoms with Crippen molar-refractivity contribution in [1.29, 1.82) is 0 Å². The van der Waals surface area contributed by atoms with Crippen molar-refractivity contribution in [3.8, 4) is 0 Å². The van der Waals surface area contributed by atoms with Crippen LogP contribution in [0.15, 0.2) is 18.2 Å². The zero-order valence-corrected chi connectivity index (χ0v) is 16.7. The number of para-hydroxylation sites is 1. The summed E-state index contributed by atoms with van der Waals surface area (Å²) in [4.78, 5) is 0. The average Bonchev–Trinajstić information content (AvgIpc) is 3.45. The van der Waals surface area contributed by atoms with Gasteiger partial charge in [-0.15, -0.1) is 0 Å². The first-order chi connectivity index (χ1) is 12.6. The highest BCUT2D eigenvalue weighted by atomic mass is 16.5. The molecule has 0 radical (unpaired) electrons. The third kappa shape index (κ3) is 3.96. The number of aliphatic hydroxyl groups is 1. The molecule has 3 rings (SSSR count). The maximum absolute atomic E-state index is 9.83. The fourth-order valence-electron chi connectivity index (χ4n) is 4.23. The number of methoxy groups -OCH3 is 1. The van der Waals surface area contributed by atoms with Crippen molar-refractivity contribution in [1.82, 2.24) is 9.78 Å². The van der Waals surface area contributed by atoms with Gasteiger partial charge < -0.3 is 9.84 Å². The average molecular weight is 359 g/mol. The van der Waals surface area contributed by atoms with Crippen LogP contribution in [0, 0.1) is 17.8 Å². The molecule has 4 heteroatoms. The molecule has 0 spiro atoms. The molecule has 0 aliphatic heterocycles. The smallest absolute Gasteiger partial charge is 0.0740 e. The minimum Gasteiger partial charge on any atom is -0.392 e. The van der Waals surface area contributed by atoms with E-state index in [1.807, 2.05) is 6.07 Å². The van der Waals surface area contributed by atoms with E-state index >= 15 is 0 Å². The third-order valence-electron chi connectivity index (χ3n) is 6.44. The molecule has 2 aromatic rings. The van der Waals surface area contributed by atoms with Gasteiger partial charge in [-0.25, -0.2) is 0 Å². The second-order valence-corrected chi connectivity index (χ2v) is 8.12. The Bertz CT molecular complexity index is 720. The topological polar surface area (TPSA) is 47.3 Å². The van der Waals surface area contributed by atoms with E-state index in [4.69, 9.17) is 9.84 Å². The van der Waals surface area contributed by atoms with Gasteiger partial charge in [-0.05, 0) is 43.4 Å². The van der Waals surface area contributed by atoms with Crippen LogP contribution in [0.5, 0.6) is 0 Å². The lowest BCUT2D eigenvalue weighted by molar-refractivity contribution is 0.191. The van der Waals surface area contributed by atoms with Gasteiger partial charge in [0.1, 0.15) is 0 Å². The minimum absolute atomic E-state index is 0.0585. The molecule has 1 aromatic carbocycles. The Balaban J connectivity index is 1.91. The van der Waals surface area contributed by atoms with Gasteiger partial charge in [0.15, 0.2) is 0 Å². The molecule has 1 N–H and O–H groups in total. The molecular formula is C22H34N2O2. The maximum Gasteiger partial charge on any atom is 0.0740 e. The van der Waals surface area contributed by atoms with Gasteiger partial charge in [0.25, 0.3) is 0 Å². The number of rotatable bonds is 10. The number of hydrogen-bond acceptors (Lipinski definition) is 3. The molecule has 0 saturated heterocycles. The van der Waals surface area contributed by atoms with E-state index in [2.05, 4.69) is 37.6 Å². The number of aryl methyl sites for hydroxylation is 1. The summed E-state index contributed by atoms with van der Waals surface area (Å²) in [6.45, 7) is 8.82. The molecule has 1 aliphatic rings. The highest BCUT2D eigenvalue weighted by Crippen LogP contribution is 2.45. The first-order valence-electron chi connectivity index (χ1n) is 10.2. The van der Waals surface area contributed by atoms with Crippen molar-refractivity contribution in [2.24, 2.45) is 17.8 Å². The molecule has 4 nitrogen and oxygen atoms in total. The predicted octanol–water partition coefficient (Wildman–Crippen LogP) is 4.74. The Hall–Kier alpha value is -1.39. The van der Waals surface area contributed by atoms with E-state index < -0.39 is 0 Å². The maximum atomic E-state index is 9.83. The Morgan fingerprint density at radius 2 is 2.00 bits per heavy atom. The van der Waals surface area contributed by atoms with Crippen LogP contribution in [-0.2, 0) is 17.9 Å². The summed E-state index contributed by atoms with van der Waals surface area (Å²) in [5, 5.41) is 16.1. The molecule has 3 unspecified atom stereocenters. The van der Waals surface area contributed by atoms with Crippen molar-refractivity contribution in [3.63, 3.8) is 0 Å². The Kier molecular flexibility index (Phi) is 6.36. The normalized spacial score (nSPS) is 18.2. The van der Waals surface area contributed by atoms with Crippen molar-refractivity contribution in [2.45, 2.75) is 65.5 Å². The van der Waals surface area contributed by atoms with Crippen LogP contribution < -0.4 is 0 Å². The van der Waals surface area contributed by atoms with Crippen LogP contribution in [0.25, 0.3) is 10.9 Å². The number of nitrogens with zero attached hydrogens (tertiary/aromatic N) is 2. The van der Waals surface area contributed by atoms with Gasteiger partial charge >= 0.3 is 0 Å². The molecule has 0 amide bonds. The van der Waals surface area contributed by atoms with Crippen LogP contribution >= 0.6 is 0 Å². The number of ether oxygens (including phenoxy) is 1. The monoisotopic (exact) mass is 358 g/mol. The summed E-state index contributed by atoms with van der Waals surface area (Å²) in [6, 6.07) is 6.24. The fraction of sp³-hybridized carbons (Fsp3) is 0.682. The molecule has 1 heterocycles. The van der Waals surface area contributed by atoms with Gasteiger partial charge in [0.2, 0.25) is 0 Å². The molecule has 0 bridgehead atoms. The zero-order valence-electron chi connectivity index (χ0n) is 16.7. The Labute approximate surface area is 157 Å². The third-order valence-corrected chi connectivity index (χ3v) is 6.44. The summed E-state index contributed by atoms with van der Waals surface area (Å²) in [5.41, 5.74) is 3.28. The molecule has 1 saturated carbocycles. The summed E-state index contributed by atoms with van der Waals surface area (Å²) in [5.74, 6) is 2.68. The van der Waals surface area contributed by atoms with Crippen molar-refractivity contribution in [3.05, 3.63) is 29.5 Å². The summed E-state index contributed by atoms with van der Waals surface area (Å²) < 4.78 is 7.29. The molecule has 26 heavy (non-hydrogen) atoms. The van der Waals surface area contributed by atoms with Crippen LogP contribution in [0.4, 0.5) is 0 Å². The molecule has 1 fully saturated rings. The van der Waals surface area contributed by atoms with Gasteiger partial charge in [-0.2, -0.15) is 5.10 Å². The molecule has 1 aliphatic carbocycles. The number of aromatic nitrogens is 2. The standard InChI is InChI=1S/C22H34N2O2/c1-15(16(2)18-10-11-18)17(3)21-20-9-7-8-19(14-25)22(20)24(23-21)12-5-6-13-26-4/h7-9,15-18,25H,5-6,10-14H2,1-4H3. The number of benzene rings is 1. The SMILES string of the molecule is COCCCCn1nc(C(C)C(C)C(C)C2CC2)c2cccc(CO)c21. The zero-order chi connectivity index (χ0) is 18.7. The lowest BCUT2D eigenvalue weighted by Crippen LogP contribution is -2.17. The van der Waals surface area contributed by atoms with E-state index in [0.29, 0.717) is 11.8 Å². The predicted molar refractivity (Wildman–Crippen MR) is 106 cm³/mol. The summed E-state index contributed by atoms with van der Waals surface area (Å²) in [7, 11) is 1.75. The molecule has 144 valence electrons. The van der Waals surface area contributed by atoms with Crippen LogP contribution in [0.3, 0.4) is 0 Å². The van der Waals surface area contributed by atoms with E-state index in [9.17, 15) is 5.11 Å². The summed E-state index contributed by atoms with van der Waals surface area (Å²) >= 11 is 0. The Morgan fingerprint density at radius 1 is 1.23 bits per heavy atom. The van der Waals surface area contributed by atoms with Crippen molar-refractivity contribution in [2.75, 3.05) is 13.7 Å². The second kappa shape index (κ2) is 8.53. The highest BCUT2D eigenvalue weighted by molar-refractivity contribution is 5.85. The van der Waals surface area contributed by atoms with E-state index in [1.54, 1.807) is 7.11 Å². The lowest BCUT2D eigenvalue weighted by Gasteiger charge is -2.25. The summed E-state index contributed by atoms with van der Waals surface area (Å²) in [6.07, 6.45) is 4.84. The highest BCUT2D eigenvalue weighted by Gasteiger charge is 2.35. The first-order valence-corrected chi connectivity index (χ1v) is 10.2. The Morgan fingerprint density at radius 3 is 2.65 bits per heavy atom. The largest absolute Gasteiger partial charge is 0.392 e. The minimum atomic E-state index is 0.0585. The fourth-order valence-corrected chi connectivity index (χ4v) is 4.23. The molecule has 3 atom stereocenters. The number of hydrogen-bond donors (Lipinski definition) is 1. The number of fused-ring (bicyclic) bond motifs is 1. The van der Waals surface area contributed by atoms with E-state index in [0.717, 1.165) is 48.9 Å². The van der Waals surface area contributed by atoms with E-state index in [1.165, 1.54) is 23.9 Å². The van der Waals surface area contributed by atoms with Gasteiger partial charge in [-0.1, -0.05) is 39.0 Å². The lowest BCUT2D eigenvalue weighted by atomic mass is 9.80. The number of unbranched alkanes of at least 4 members (excludes halogenated alkanes) is 1. The van der Waals surface area contributed by atoms with E-state index in [-0.39, 0.29) is 6.61 Å². The van der Waals surface area contributed by atoms with Gasteiger partial charge in [-0.3, -0.25) is 4.68 Å². The van der Waals surface area contributed by atoms with Crippen molar-refractivity contribution >= 4 is 10.9 Å².